The third kappa shape index (κ3) is 40.1. The molecule has 0 aliphatic carbocycles. The number of carbonyl (C=O) groups excluding carboxylic acids is 16. The molecule has 1 aliphatic rings. The highest BCUT2D eigenvalue weighted by Crippen LogP contribution is 2.25. The molecular weight excluding hydrogens is 1510 g/mol. The summed E-state index contributed by atoms with van der Waals surface area (Å²) in [4.78, 5) is 276. The lowest BCUT2D eigenvalue weighted by Crippen LogP contribution is -2.52. The fourth-order valence-corrected chi connectivity index (χ4v) is 13.2. The van der Waals surface area contributed by atoms with Crippen molar-refractivity contribution in [3.8, 4) is 0 Å². The van der Waals surface area contributed by atoms with Crippen LogP contribution in [0, 0.1) is 29.6 Å². The molecule has 0 unspecified atom stereocenters. The first kappa shape index (κ1) is 100. The number of carbonyl (C=O) groups is 21. The fraction of sp³-hybridized carbons (Fsp3) is 0.649. The van der Waals surface area contributed by atoms with Gasteiger partial charge in [-0.1, -0.05) is 45.0 Å². The quantitative estimate of drug-likeness (QED) is 0.0327. The van der Waals surface area contributed by atoms with Crippen molar-refractivity contribution in [3.63, 3.8) is 0 Å². The monoisotopic (exact) mass is 1630 g/mol. The molecule has 1 aromatic carbocycles. The van der Waals surface area contributed by atoms with E-state index in [0.717, 1.165) is 6.92 Å². The van der Waals surface area contributed by atoms with Crippen LogP contribution in [0.2, 0.25) is 0 Å². The number of ether oxygens (including phenoxy) is 1. The number of unbranched alkanes of at least 4 members (excludes halogenated alkanes) is 1. The number of hydrogen-bond donors (Lipinski definition) is 13. The van der Waals surface area contributed by atoms with E-state index in [-0.39, 0.29) is 107 Å². The average molecular weight is 1630 g/mol. The van der Waals surface area contributed by atoms with Crippen molar-refractivity contribution in [1.82, 2.24) is 42.1 Å². The lowest BCUT2D eigenvalue weighted by molar-refractivity contribution is -0.142. The molecule has 1 saturated heterocycles. The van der Waals surface area contributed by atoms with Crippen molar-refractivity contribution in [2.75, 3.05) is 44.9 Å². The van der Waals surface area contributed by atoms with Crippen LogP contribution >= 0.6 is 11.8 Å². The molecular formula is C77H113N9O27S. The summed E-state index contributed by atoms with van der Waals surface area (Å²) in [7, 11) is 0. The summed E-state index contributed by atoms with van der Waals surface area (Å²) in [5.74, 6) is -24.2. The van der Waals surface area contributed by atoms with Crippen LogP contribution in [0.15, 0.2) is 24.3 Å². The van der Waals surface area contributed by atoms with Gasteiger partial charge in [0, 0.05) is 132 Å². The van der Waals surface area contributed by atoms with Crippen molar-refractivity contribution in [2.24, 2.45) is 35.3 Å². The number of benzene rings is 1. The first-order valence-electron chi connectivity index (χ1n) is 38.1. The summed E-state index contributed by atoms with van der Waals surface area (Å²) in [5.41, 5.74) is 6.29. The zero-order chi connectivity index (χ0) is 85.9. The molecule has 1 fully saturated rings. The van der Waals surface area contributed by atoms with E-state index in [0.29, 0.717) is 30.4 Å². The Hall–Kier alpha value is -10.0. The summed E-state index contributed by atoms with van der Waals surface area (Å²) in [6.07, 6.45) is -7.59. The second-order valence-electron chi connectivity index (χ2n) is 29.0. The minimum absolute atomic E-state index is 0.0723. The van der Waals surface area contributed by atoms with Gasteiger partial charge in [0.15, 0.2) is 40.5 Å². The van der Waals surface area contributed by atoms with Gasteiger partial charge in [0.05, 0.1) is 42.8 Å². The van der Waals surface area contributed by atoms with Gasteiger partial charge in [-0.2, -0.15) is 11.8 Å². The predicted molar refractivity (Wildman–Crippen MR) is 408 cm³/mol. The minimum atomic E-state index is -1.85. The molecule has 14 N–H and O–H groups in total. The van der Waals surface area contributed by atoms with Crippen LogP contribution in [-0.2, 0) is 107 Å². The van der Waals surface area contributed by atoms with Crippen molar-refractivity contribution < 1.29 is 131 Å². The molecule has 0 saturated carbocycles. The van der Waals surface area contributed by atoms with Crippen molar-refractivity contribution >= 4 is 135 Å². The second kappa shape index (κ2) is 53.1. The van der Waals surface area contributed by atoms with Gasteiger partial charge >= 0.3 is 29.8 Å². The van der Waals surface area contributed by atoms with Gasteiger partial charge in [0.25, 0.3) is 0 Å². The number of nitrogens with one attached hydrogen (secondary N) is 7. The van der Waals surface area contributed by atoms with Crippen LogP contribution < -0.4 is 43.0 Å². The zero-order valence-corrected chi connectivity index (χ0v) is 66.6. The van der Waals surface area contributed by atoms with Crippen LogP contribution in [0.3, 0.4) is 0 Å². The number of amides is 8. The highest BCUT2D eigenvalue weighted by atomic mass is 32.2. The number of hydrogen-bond acceptors (Lipinski definition) is 24. The minimum Gasteiger partial charge on any atom is -0.481 e. The highest BCUT2D eigenvalue weighted by molar-refractivity contribution is 7.98. The van der Waals surface area contributed by atoms with Gasteiger partial charge in [-0.05, 0) is 122 Å². The Morgan fingerprint density at radius 2 is 0.965 bits per heavy atom. The number of likely N-dealkylation sites (tertiary alicyclic amines) is 1. The molecule has 0 aromatic heterocycles. The van der Waals surface area contributed by atoms with E-state index in [1.807, 2.05) is 13.8 Å². The van der Waals surface area contributed by atoms with Crippen LogP contribution in [0.1, 0.15) is 212 Å². The smallest absolute Gasteiger partial charge is 0.303 e. The lowest BCUT2D eigenvalue weighted by atomic mass is 9.88. The maximum Gasteiger partial charge on any atom is 0.303 e. The zero-order valence-electron chi connectivity index (χ0n) is 65.8. The number of Topliss-reactive ketones (excluding diaryl/α,β-unsaturated/α-hetero) is 8. The number of aliphatic carboxylic acids is 5. The molecule has 36 nitrogen and oxygen atoms in total. The topological polar surface area (TPSA) is 582 Å². The van der Waals surface area contributed by atoms with E-state index in [9.17, 15) is 126 Å². The van der Waals surface area contributed by atoms with Gasteiger partial charge in [-0.25, -0.2) is 0 Å². The first-order chi connectivity index (χ1) is 53.7. The van der Waals surface area contributed by atoms with Gasteiger partial charge < -0.3 is 78.1 Å². The van der Waals surface area contributed by atoms with E-state index in [1.54, 1.807) is 6.26 Å². The molecule has 1 heterocycles. The fourth-order valence-electron chi connectivity index (χ4n) is 12.6. The molecule has 114 heavy (non-hydrogen) atoms. The van der Waals surface area contributed by atoms with E-state index in [4.69, 9.17) is 10.5 Å². The van der Waals surface area contributed by atoms with Crippen LogP contribution in [0.25, 0.3) is 0 Å². The van der Waals surface area contributed by atoms with Crippen molar-refractivity contribution in [2.45, 2.75) is 244 Å². The van der Waals surface area contributed by atoms with Gasteiger partial charge in [0.2, 0.25) is 47.3 Å². The Morgan fingerprint density at radius 1 is 0.500 bits per heavy atom. The third-order valence-corrected chi connectivity index (χ3v) is 19.5. The number of rotatable bonds is 62. The van der Waals surface area contributed by atoms with Crippen molar-refractivity contribution in [1.29, 1.82) is 0 Å². The number of ketones is 8. The summed E-state index contributed by atoms with van der Waals surface area (Å²) in [5, 5.41) is 66.1. The Labute approximate surface area is 665 Å². The van der Waals surface area contributed by atoms with E-state index >= 15 is 0 Å². The molecule has 2 rings (SSSR count). The molecule has 1 aromatic rings. The standard InChI is InChI=1S/C77H113N9O27S/c1-43(2)34-56(61(91)24-25-66(96)81-58(42-114-7)62(92)35-44(3)73(108)79-40-45(4)87)85-77(112)59-13-10-32-86(59)67(97)41-113-33-11-14-60(90)57(36-48-15-17-49(18-16-48)46(5)88)84-76(111)52(21-28-70(102)103)39-65(95)55(23-30-72(106)107)83-75(110)51(20-27-69(100)101)38-64(94)54(22-29-71(104)105)82-74(109)50(19-26-68(98)99)37-63(93)53(80-47(6)89)12-8-9-31-78/h15-18,43-44,50-59H,8-14,19-42,78H2,1-7H3,(H,79,108)(H,80,89)(H,81,96)(H,82,109)(H,83,110)(H,84,111)(H,85,112)(H,98,99)(H,100,101)(H,102,103)(H,104,105)(H,106,107)/t44-,50+,51+,52+,53-,54-,55-,56+,57+,58+,59+/m1/s1. The van der Waals surface area contributed by atoms with E-state index < -0.39 is 268 Å². The molecule has 0 spiro atoms. The molecule has 8 amide bonds. The SMILES string of the molecule is CSC[C@H](NC(=O)CCC(=O)[C@H](CC(C)C)NC(=O)[C@@H]1CCCN1C(=O)COCCCC(=O)[C@H](Cc1ccc(C(C)=O)cc1)NC(=O)[C@@H](CCC(=O)O)CC(=O)[C@@H](CCC(=O)O)NC(=O)[C@@H](CCC(=O)O)CC(=O)[C@@H](CCC(=O)O)NC(=O)[C@@H](CCC(=O)O)CC(=O)[C@@H](CCCCN)NC(C)=O)C(=O)C[C@@H](C)C(=O)NCC(C)=O. The number of nitrogens with two attached hydrogens (primary N) is 1. The van der Waals surface area contributed by atoms with Gasteiger partial charge in [-0.3, -0.25) is 101 Å². The molecule has 0 radical (unpaired) electrons. The second-order valence-corrected chi connectivity index (χ2v) is 29.9. The van der Waals surface area contributed by atoms with Gasteiger partial charge in [0.1, 0.15) is 18.4 Å². The summed E-state index contributed by atoms with van der Waals surface area (Å²) >= 11 is 1.27. The number of carboxylic acids is 5. The van der Waals surface area contributed by atoms with Crippen LogP contribution in [0.4, 0.5) is 0 Å². The molecule has 634 valence electrons. The van der Waals surface area contributed by atoms with Crippen LogP contribution in [-0.4, -0.2) is 241 Å². The van der Waals surface area contributed by atoms with Gasteiger partial charge in [-0.15, -0.1) is 0 Å². The molecule has 11 atom stereocenters. The normalized spacial score (nSPS) is 15.1. The molecule has 0 bridgehead atoms. The number of carboxylic acid groups (broad SMARTS) is 5. The van der Waals surface area contributed by atoms with Crippen molar-refractivity contribution in [3.05, 3.63) is 35.4 Å². The lowest BCUT2D eigenvalue weighted by Gasteiger charge is -2.27. The predicted octanol–water partition coefficient (Wildman–Crippen LogP) is 1.96. The third-order valence-electron chi connectivity index (χ3n) is 18.8. The summed E-state index contributed by atoms with van der Waals surface area (Å²) in [6.45, 7) is 8.30. The largest absolute Gasteiger partial charge is 0.481 e. The first-order valence-corrected chi connectivity index (χ1v) is 39.5. The molecule has 37 heteroatoms. The van der Waals surface area contributed by atoms with E-state index in [2.05, 4.69) is 37.2 Å². The number of nitrogens with zero attached hydrogens (tertiary/aromatic N) is 1. The Balaban J connectivity index is 2.39. The Kier molecular flexibility index (Phi) is 46.6. The summed E-state index contributed by atoms with van der Waals surface area (Å²) in [6, 6.07) is -3.33. The number of thioether (sulfide) groups is 1. The maximum absolute atomic E-state index is 14.5. The van der Waals surface area contributed by atoms with Crippen LogP contribution in [0.5, 0.6) is 0 Å². The van der Waals surface area contributed by atoms with E-state index in [1.165, 1.54) is 61.7 Å². The Morgan fingerprint density at radius 3 is 1.41 bits per heavy atom. The average Bonchev–Trinajstić information content (AvgIpc) is 1.66. The maximum atomic E-state index is 14.5. The molecule has 1 aliphatic heterocycles. The Bertz CT molecular complexity index is 3570. The summed E-state index contributed by atoms with van der Waals surface area (Å²) < 4.78 is 5.70. The highest BCUT2D eigenvalue weighted by Gasteiger charge is 2.39.